The Balaban J connectivity index is 1.83. The van der Waals surface area contributed by atoms with Crippen LogP contribution in [-0.2, 0) is 22.5 Å². The minimum Gasteiger partial charge on any atom is -0.375 e. The van der Waals surface area contributed by atoms with Gasteiger partial charge in [0.2, 0.25) is 5.91 Å². The summed E-state index contributed by atoms with van der Waals surface area (Å²) in [6.45, 7) is 5.14. The molecule has 0 aliphatic carbocycles. The van der Waals surface area contributed by atoms with Gasteiger partial charge in [0, 0.05) is 26.7 Å². The third kappa shape index (κ3) is 4.32. The topological polar surface area (TPSA) is 41.6 Å². The highest BCUT2D eigenvalue weighted by Crippen LogP contribution is 2.10. The van der Waals surface area contributed by atoms with Gasteiger partial charge in [-0.25, -0.2) is 0 Å². The van der Waals surface area contributed by atoms with Crippen LogP contribution in [0.25, 0.3) is 0 Å². The van der Waals surface area contributed by atoms with Crippen molar-refractivity contribution in [2.45, 2.75) is 32.4 Å². The molecule has 1 aliphatic rings. The van der Waals surface area contributed by atoms with Crippen LogP contribution in [0, 0.1) is 0 Å². The minimum atomic E-state index is 0.0150. The number of aryl methyl sites for hydroxylation is 1. The highest BCUT2D eigenvalue weighted by molar-refractivity contribution is 5.76. The Morgan fingerprint density at radius 3 is 2.65 bits per heavy atom. The molecule has 1 saturated heterocycles. The van der Waals surface area contributed by atoms with Crippen LogP contribution in [0.1, 0.15) is 24.5 Å². The van der Waals surface area contributed by atoms with E-state index in [-0.39, 0.29) is 12.0 Å². The van der Waals surface area contributed by atoms with Crippen molar-refractivity contribution in [2.24, 2.45) is 0 Å². The van der Waals surface area contributed by atoms with Gasteiger partial charge in [0.15, 0.2) is 0 Å². The number of carbonyl (C=O) groups excluding carboxylic acids is 1. The van der Waals surface area contributed by atoms with E-state index in [2.05, 4.69) is 36.5 Å². The van der Waals surface area contributed by atoms with E-state index in [1.807, 2.05) is 7.05 Å². The summed E-state index contributed by atoms with van der Waals surface area (Å²) in [6.07, 6.45) is 1.51. The maximum atomic E-state index is 12.2. The first-order valence-corrected chi connectivity index (χ1v) is 7.33. The quantitative estimate of drug-likeness (QED) is 0.888. The van der Waals surface area contributed by atoms with Crippen LogP contribution in [0.3, 0.4) is 0 Å². The first kappa shape index (κ1) is 15.0. The number of hydrogen-bond acceptors (Lipinski definition) is 3. The second kappa shape index (κ2) is 7.41. The summed E-state index contributed by atoms with van der Waals surface area (Å²) in [5, 5.41) is 3.25. The molecule has 20 heavy (non-hydrogen) atoms. The lowest BCUT2D eigenvalue weighted by molar-refractivity contribution is -0.133. The van der Waals surface area contributed by atoms with Crippen LogP contribution in [0.15, 0.2) is 24.3 Å². The number of hydrogen-bond donors (Lipinski definition) is 1. The summed E-state index contributed by atoms with van der Waals surface area (Å²) in [5.74, 6) is 0.137. The Morgan fingerprint density at radius 2 is 2.05 bits per heavy atom. The summed E-state index contributed by atoms with van der Waals surface area (Å²) < 4.78 is 5.57. The number of nitrogens with zero attached hydrogens (tertiary/aromatic N) is 1. The van der Waals surface area contributed by atoms with E-state index < -0.39 is 0 Å². The number of morpholine rings is 1. The third-order valence-corrected chi connectivity index (χ3v) is 3.68. The van der Waals surface area contributed by atoms with Gasteiger partial charge in [-0.1, -0.05) is 31.2 Å². The fourth-order valence-corrected chi connectivity index (χ4v) is 2.34. The zero-order valence-electron chi connectivity index (χ0n) is 12.4. The molecule has 1 aliphatic heterocycles. The molecular weight excluding hydrogens is 252 g/mol. The van der Waals surface area contributed by atoms with Gasteiger partial charge in [-0.05, 0) is 17.5 Å². The van der Waals surface area contributed by atoms with E-state index in [9.17, 15) is 4.79 Å². The van der Waals surface area contributed by atoms with E-state index in [4.69, 9.17) is 4.74 Å². The molecule has 0 radical (unpaired) electrons. The molecule has 0 spiro atoms. The first-order valence-electron chi connectivity index (χ1n) is 7.33. The lowest BCUT2D eigenvalue weighted by atomic mass is 10.1. The molecule has 1 fully saturated rings. The predicted octanol–water partition coefficient (Wildman–Crippen LogP) is 1.59. The van der Waals surface area contributed by atoms with Crippen LogP contribution in [-0.4, -0.2) is 43.7 Å². The Hall–Kier alpha value is -1.39. The molecule has 1 amide bonds. The first-order chi connectivity index (χ1) is 9.69. The zero-order valence-corrected chi connectivity index (χ0v) is 12.4. The molecule has 4 heteroatoms. The van der Waals surface area contributed by atoms with Crippen molar-refractivity contribution in [3.8, 4) is 0 Å². The van der Waals surface area contributed by atoms with Crippen LogP contribution in [0.2, 0.25) is 0 Å². The molecule has 110 valence electrons. The molecule has 0 aromatic heterocycles. The van der Waals surface area contributed by atoms with Crippen molar-refractivity contribution in [1.29, 1.82) is 0 Å². The molecular formula is C16H24N2O2. The van der Waals surface area contributed by atoms with E-state index in [1.54, 1.807) is 4.90 Å². The maximum Gasteiger partial charge on any atom is 0.225 e. The number of nitrogens with one attached hydrogen (secondary N) is 1. The Kier molecular flexibility index (Phi) is 5.56. The number of carbonyl (C=O) groups is 1. The number of rotatable bonds is 5. The lowest BCUT2D eigenvalue weighted by Gasteiger charge is -2.25. The second-order valence-corrected chi connectivity index (χ2v) is 5.32. The van der Waals surface area contributed by atoms with Crippen LogP contribution in [0.4, 0.5) is 0 Å². The summed E-state index contributed by atoms with van der Waals surface area (Å²) in [7, 11) is 1.85. The third-order valence-electron chi connectivity index (χ3n) is 3.68. The zero-order chi connectivity index (χ0) is 14.4. The summed E-state index contributed by atoms with van der Waals surface area (Å²) in [4.78, 5) is 13.9. The number of benzene rings is 1. The van der Waals surface area contributed by atoms with Crippen molar-refractivity contribution in [1.82, 2.24) is 10.2 Å². The monoisotopic (exact) mass is 276 g/mol. The van der Waals surface area contributed by atoms with Gasteiger partial charge in [0.25, 0.3) is 0 Å². The highest BCUT2D eigenvalue weighted by Gasteiger charge is 2.19. The van der Waals surface area contributed by atoms with Crippen molar-refractivity contribution >= 4 is 5.91 Å². The highest BCUT2D eigenvalue weighted by atomic mass is 16.5. The predicted molar refractivity (Wildman–Crippen MR) is 79.5 cm³/mol. The summed E-state index contributed by atoms with van der Waals surface area (Å²) in [6, 6.07) is 8.45. The molecule has 1 atom stereocenters. The van der Waals surface area contributed by atoms with Gasteiger partial charge in [-0.15, -0.1) is 0 Å². The van der Waals surface area contributed by atoms with Crippen LogP contribution < -0.4 is 5.32 Å². The lowest BCUT2D eigenvalue weighted by Crippen LogP contribution is -2.41. The molecule has 1 unspecified atom stereocenters. The smallest absolute Gasteiger partial charge is 0.225 e. The average Bonchev–Trinajstić information content (AvgIpc) is 2.49. The standard InChI is InChI=1S/C16H24N2O2/c1-3-13-4-6-14(7-5-13)12-18(2)16(19)10-15-11-17-8-9-20-15/h4-7,15,17H,3,8-12H2,1-2H3. The van der Waals surface area contributed by atoms with E-state index >= 15 is 0 Å². The van der Waals surface area contributed by atoms with Gasteiger partial charge >= 0.3 is 0 Å². The van der Waals surface area contributed by atoms with E-state index in [1.165, 1.54) is 11.1 Å². The van der Waals surface area contributed by atoms with E-state index in [0.717, 1.165) is 19.5 Å². The van der Waals surface area contributed by atoms with Gasteiger partial charge in [-0.2, -0.15) is 0 Å². The normalized spacial score (nSPS) is 18.8. The fraction of sp³-hybridized carbons (Fsp3) is 0.562. The average molecular weight is 276 g/mol. The summed E-state index contributed by atoms with van der Waals surface area (Å²) >= 11 is 0. The number of ether oxygens (including phenoxy) is 1. The molecule has 1 aromatic carbocycles. The van der Waals surface area contributed by atoms with Gasteiger partial charge < -0.3 is 15.0 Å². The molecule has 1 aromatic rings. The Bertz CT molecular complexity index is 425. The Morgan fingerprint density at radius 1 is 1.35 bits per heavy atom. The maximum absolute atomic E-state index is 12.2. The minimum absolute atomic E-state index is 0.0150. The number of amides is 1. The van der Waals surface area contributed by atoms with Gasteiger partial charge in [-0.3, -0.25) is 4.79 Å². The molecule has 4 nitrogen and oxygen atoms in total. The fourth-order valence-electron chi connectivity index (χ4n) is 2.34. The molecule has 1 N–H and O–H groups in total. The molecule has 0 bridgehead atoms. The van der Waals surface area contributed by atoms with Crippen molar-refractivity contribution in [3.05, 3.63) is 35.4 Å². The largest absolute Gasteiger partial charge is 0.375 e. The molecule has 0 saturated carbocycles. The van der Waals surface area contributed by atoms with Crippen molar-refractivity contribution < 1.29 is 9.53 Å². The second-order valence-electron chi connectivity index (χ2n) is 5.32. The Labute approximate surface area is 121 Å². The van der Waals surface area contributed by atoms with Gasteiger partial charge in [0.1, 0.15) is 0 Å². The van der Waals surface area contributed by atoms with E-state index in [0.29, 0.717) is 19.6 Å². The van der Waals surface area contributed by atoms with Crippen molar-refractivity contribution in [3.63, 3.8) is 0 Å². The molecule has 2 rings (SSSR count). The van der Waals surface area contributed by atoms with Crippen LogP contribution in [0.5, 0.6) is 0 Å². The summed E-state index contributed by atoms with van der Waals surface area (Å²) in [5.41, 5.74) is 2.49. The molecule has 1 heterocycles. The van der Waals surface area contributed by atoms with Crippen LogP contribution >= 0.6 is 0 Å². The van der Waals surface area contributed by atoms with Gasteiger partial charge in [0.05, 0.1) is 19.1 Å². The van der Waals surface area contributed by atoms with Crippen molar-refractivity contribution in [2.75, 3.05) is 26.7 Å². The SMILES string of the molecule is CCc1ccc(CN(C)C(=O)CC2CNCCO2)cc1.